The lowest BCUT2D eigenvalue weighted by Crippen LogP contribution is -2.58. The van der Waals surface area contributed by atoms with E-state index in [9.17, 15) is 14.7 Å². The van der Waals surface area contributed by atoms with Crippen molar-refractivity contribution < 1.29 is 29.0 Å². The van der Waals surface area contributed by atoms with E-state index < -0.39 is 35.0 Å². The van der Waals surface area contributed by atoms with E-state index in [2.05, 4.69) is 45.2 Å². The summed E-state index contributed by atoms with van der Waals surface area (Å²) >= 11 is 4.24. The van der Waals surface area contributed by atoms with Crippen LogP contribution in [0.2, 0.25) is 0 Å². The highest BCUT2D eigenvalue weighted by Gasteiger charge is 2.66. The van der Waals surface area contributed by atoms with Gasteiger partial charge in [-0.05, 0) is 123 Å². The Hall–Kier alpha value is -4.10. The molecule has 4 aromatic carbocycles. The fourth-order valence-electron chi connectivity index (χ4n) is 9.01. The first-order chi connectivity index (χ1) is 24.2. The maximum absolute atomic E-state index is 15.2. The number of imide groups is 1. The van der Waals surface area contributed by atoms with Crippen molar-refractivity contribution in [3.63, 3.8) is 0 Å². The van der Waals surface area contributed by atoms with Crippen LogP contribution in [0.3, 0.4) is 0 Å². The number of rotatable bonds is 5. The lowest BCUT2D eigenvalue weighted by Gasteiger charge is -2.55. The summed E-state index contributed by atoms with van der Waals surface area (Å²) in [6, 6.07) is 29.6. The number of aromatic hydroxyl groups is 1. The minimum Gasteiger partial charge on any atom is -0.504 e. The number of carbonyl (C=O) groups excluding carboxylic acids is 4. The van der Waals surface area contributed by atoms with Crippen molar-refractivity contribution >= 4 is 79.8 Å². The average molecular weight is 888 g/mol. The monoisotopic (exact) mass is 887 g/mol. The van der Waals surface area contributed by atoms with Gasteiger partial charge in [0, 0.05) is 21.0 Å². The highest BCUT2D eigenvalue weighted by atomic mass is 127. The van der Waals surface area contributed by atoms with Gasteiger partial charge in [-0.15, -0.1) is 0 Å². The fraction of sp³-hybridized carbons (Fsp3) is 0.220. The summed E-state index contributed by atoms with van der Waals surface area (Å²) in [6.07, 6.45) is 4.10. The van der Waals surface area contributed by atoms with E-state index in [1.54, 1.807) is 18.2 Å². The first-order valence-electron chi connectivity index (χ1n) is 16.5. The SMILES string of the molecule is COc1cc(C2C3=CCC4C(=O)N(c5ccc(I)cc5)C(=O)C4C3CC3C(=O)C(c4ccccc4)=CC(=O)C32c2ccccc2)cc(I)c1O. The molecule has 50 heavy (non-hydrogen) atoms. The van der Waals surface area contributed by atoms with Gasteiger partial charge in [-0.1, -0.05) is 72.3 Å². The molecule has 1 saturated heterocycles. The van der Waals surface area contributed by atoms with Crippen LogP contribution in [0, 0.1) is 30.8 Å². The number of amides is 2. The molecule has 0 bridgehead atoms. The predicted octanol–water partition coefficient (Wildman–Crippen LogP) is 7.64. The van der Waals surface area contributed by atoms with Gasteiger partial charge in [-0.3, -0.25) is 24.1 Å². The number of anilines is 1. The number of phenols is 1. The maximum atomic E-state index is 15.2. The third kappa shape index (κ3) is 4.86. The largest absolute Gasteiger partial charge is 0.504 e. The zero-order chi connectivity index (χ0) is 34.9. The quantitative estimate of drug-likeness (QED) is 0.126. The number of phenolic OH excluding ortho intramolecular Hbond substituents is 1. The van der Waals surface area contributed by atoms with Crippen molar-refractivity contribution in [3.8, 4) is 11.5 Å². The molecule has 1 aliphatic heterocycles. The third-order valence-corrected chi connectivity index (χ3v) is 12.6. The van der Waals surface area contributed by atoms with Crippen LogP contribution in [-0.2, 0) is 24.6 Å². The predicted molar refractivity (Wildman–Crippen MR) is 206 cm³/mol. The summed E-state index contributed by atoms with van der Waals surface area (Å²) in [4.78, 5) is 60.1. The van der Waals surface area contributed by atoms with Crippen molar-refractivity contribution in [2.24, 2.45) is 23.7 Å². The number of Topliss-reactive ketones (excluding diaryl/α,β-unsaturated/α-hetero) is 1. The molecule has 0 radical (unpaired) electrons. The minimum absolute atomic E-state index is 0.0192. The van der Waals surface area contributed by atoms with Crippen LogP contribution in [0.1, 0.15) is 35.4 Å². The molecule has 9 heteroatoms. The van der Waals surface area contributed by atoms with Crippen LogP contribution < -0.4 is 9.64 Å². The molecule has 2 amide bonds. The van der Waals surface area contributed by atoms with Crippen LogP contribution in [0.25, 0.3) is 5.57 Å². The van der Waals surface area contributed by atoms with E-state index in [1.807, 2.05) is 84.9 Å². The number of methoxy groups -OCH3 is 1. The summed E-state index contributed by atoms with van der Waals surface area (Å²) in [7, 11) is 1.48. The normalized spacial score (nSPS) is 27.3. The van der Waals surface area contributed by atoms with E-state index in [-0.39, 0.29) is 41.3 Å². The van der Waals surface area contributed by atoms with Gasteiger partial charge in [0.25, 0.3) is 0 Å². The Morgan fingerprint density at radius 2 is 1.52 bits per heavy atom. The summed E-state index contributed by atoms with van der Waals surface area (Å²) < 4.78 is 7.13. The van der Waals surface area contributed by atoms with Gasteiger partial charge in [0.1, 0.15) is 0 Å². The van der Waals surface area contributed by atoms with Crippen LogP contribution in [0.5, 0.6) is 11.5 Å². The van der Waals surface area contributed by atoms with E-state index in [1.165, 1.54) is 18.1 Å². The molecule has 4 aliphatic rings. The fourth-order valence-corrected chi connectivity index (χ4v) is 9.99. The number of fused-ring (bicyclic) bond motifs is 4. The highest BCUT2D eigenvalue weighted by Crippen LogP contribution is 2.64. The Balaban J connectivity index is 1.38. The molecule has 0 aromatic heterocycles. The average Bonchev–Trinajstić information content (AvgIpc) is 3.40. The van der Waals surface area contributed by atoms with Crippen molar-refractivity contribution in [2.45, 2.75) is 24.2 Å². The van der Waals surface area contributed by atoms with Crippen molar-refractivity contribution in [1.29, 1.82) is 0 Å². The molecule has 3 aliphatic carbocycles. The number of benzene rings is 4. The summed E-state index contributed by atoms with van der Waals surface area (Å²) in [5, 5.41) is 10.9. The van der Waals surface area contributed by atoms with Crippen LogP contribution in [0.15, 0.2) is 115 Å². The summed E-state index contributed by atoms with van der Waals surface area (Å²) in [5.74, 6) is -4.00. The van der Waals surface area contributed by atoms with Gasteiger partial charge < -0.3 is 9.84 Å². The Morgan fingerprint density at radius 1 is 0.840 bits per heavy atom. The van der Waals surface area contributed by atoms with E-state index in [0.717, 1.165) is 9.14 Å². The minimum atomic E-state index is -1.36. The number of allylic oxidation sites excluding steroid dienone is 4. The van der Waals surface area contributed by atoms with Gasteiger partial charge in [-0.2, -0.15) is 0 Å². The summed E-state index contributed by atoms with van der Waals surface area (Å²) in [6.45, 7) is 0. The molecule has 6 unspecified atom stereocenters. The van der Waals surface area contributed by atoms with Gasteiger partial charge >= 0.3 is 0 Å². The number of nitrogens with zero attached hydrogens (tertiary/aromatic N) is 1. The molecule has 7 nitrogen and oxygen atoms in total. The van der Waals surface area contributed by atoms with E-state index in [0.29, 0.717) is 37.9 Å². The highest BCUT2D eigenvalue weighted by molar-refractivity contribution is 14.1. The maximum Gasteiger partial charge on any atom is 0.238 e. The topological polar surface area (TPSA) is 101 Å². The Labute approximate surface area is 316 Å². The first-order valence-corrected chi connectivity index (χ1v) is 18.6. The Bertz CT molecular complexity index is 2140. The zero-order valence-corrected chi connectivity index (χ0v) is 31.2. The molecule has 2 fully saturated rings. The standard InChI is InChI=1S/C41H31I2NO6/c1-50-33-19-23(18-32(43)38(33)47)36-27-16-17-28-35(40(49)44(39(28)48)26-14-12-25(42)13-15-26)30(27)20-31-37(46)29(22-8-4-2-5-9-22)21-34(45)41(31,36)24-10-6-3-7-11-24/h2-16,18-19,21,28,30-31,35-36,47H,17,20H2,1H3. The van der Waals surface area contributed by atoms with Crippen molar-refractivity contribution in [2.75, 3.05) is 12.0 Å². The van der Waals surface area contributed by atoms with Crippen LogP contribution >= 0.6 is 45.2 Å². The van der Waals surface area contributed by atoms with Crippen LogP contribution in [0.4, 0.5) is 5.69 Å². The number of hydrogen-bond donors (Lipinski definition) is 1. The van der Waals surface area contributed by atoms with Crippen molar-refractivity contribution in [3.05, 3.63) is 139 Å². The van der Waals surface area contributed by atoms with E-state index in [4.69, 9.17) is 4.74 Å². The molecular weight excluding hydrogens is 856 g/mol. The third-order valence-electron chi connectivity index (χ3n) is 11.1. The second kappa shape index (κ2) is 12.6. The van der Waals surface area contributed by atoms with Crippen LogP contribution in [-0.4, -0.2) is 35.6 Å². The summed E-state index contributed by atoms with van der Waals surface area (Å²) in [5.41, 5.74) is 2.42. The Kier molecular flexibility index (Phi) is 8.33. The van der Waals surface area contributed by atoms with Gasteiger partial charge in [0.15, 0.2) is 23.1 Å². The molecule has 1 saturated carbocycles. The molecule has 1 heterocycles. The molecule has 250 valence electrons. The number of halogens is 2. The number of ether oxygens (including phenoxy) is 1. The smallest absolute Gasteiger partial charge is 0.238 e. The van der Waals surface area contributed by atoms with Gasteiger partial charge in [0.05, 0.1) is 33.6 Å². The molecule has 8 rings (SSSR count). The van der Waals surface area contributed by atoms with Crippen molar-refractivity contribution in [1.82, 2.24) is 0 Å². The zero-order valence-electron chi connectivity index (χ0n) is 26.9. The molecule has 6 atom stereocenters. The number of hydrogen-bond acceptors (Lipinski definition) is 6. The van der Waals surface area contributed by atoms with Gasteiger partial charge in [0.2, 0.25) is 11.8 Å². The van der Waals surface area contributed by atoms with Gasteiger partial charge in [-0.25, -0.2) is 0 Å². The Morgan fingerprint density at radius 3 is 2.20 bits per heavy atom. The lowest BCUT2D eigenvalue weighted by atomic mass is 9.44. The lowest BCUT2D eigenvalue weighted by molar-refractivity contribution is -0.135. The second-order valence-corrected chi connectivity index (χ2v) is 15.7. The van der Waals surface area contributed by atoms with E-state index >= 15 is 9.59 Å². The number of carbonyl (C=O) groups is 4. The molecule has 0 spiro atoms. The molecule has 4 aromatic rings. The first kappa shape index (κ1) is 33.1. The second-order valence-electron chi connectivity index (χ2n) is 13.3. The molecule has 1 N–H and O–H groups in total. The number of ketones is 2. The molecular formula is C41H31I2NO6.